The van der Waals surface area contributed by atoms with Crippen LogP contribution in [0.2, 0.25) is 0 Å². The maximum Gasteiger partial charge on any atom is 0.320 e. The Bertz CT molecular complexity index is 966. The van der Waals surface area contributed by atoms with Gasteiger partial charge in [0.2, 0.25) is 0 Å². The van der Waals surface area contributed by atoms with Gasteiger partial charge in [-0.05, 0) is 75.2 Å². The largest absolute Gasteiger partial charge is 0.497 e. The van der Waals surface area contributed by atoms with Crippen molar-refractivity contribution in [2.75, 3.05) is 48.7 Å². The van der Waals surface area contributed by atoms with E-state index >= 15 is 0 Å². The van der Waals surface area contributed by atoms with Gasteiger partial charge in [0, 0.05) is 32.8 Å². The number of benzene rings is 2. The second-order valence-electron chi connectivity index (χ2n) is 9.77. The second-order valence-corrected chi connectivity index (χ2v) is 9.77. The SMILES string of the molecule is COCOc1ccc([C@]2(N(C)C)CC[C@@]3(CC2)CN(Cc2ccc(OC)cc2)C(=O)N3C)cc1. The van der Waals surface area contributed by atoms with Crippen LogP contribution in [0.25, 0.3) is 0 Å². The number of hydrogen-bond acceptors (Lipinski definition) is 5. The van der Waals surface area contributed by atoms with Gasteiger partial charge in [-0.15, -0.1) is 0 Å². The molecule has 4 rings (SSSR count). The van der Waals surface area contributed by atoms with Crippen LogP contribution >= 0.6 is 0 Å². The number of rotatable bonds is 8. The minimum atomic E-state index is -0.120. The molecule has 2 fully saturated rings. The van der Waals surface area contributed by atoms with Crippen LogP contribution in [0.5, 0.6) is 11.5 Å². The number of hydrogen-bond donors (Lipinski definition) is 0. The lowest BCUT2D eigenvalue weighted by molar-refractivity contribution is 0.0316. The van der Waals surface area contributed by atoms with Crippen molar-refractivity contribution < 1.29 is 19.0 Å². The first-order valence-corrected chi connectivity index (χ1v) is 11.9. The van der Waals surface area contributed by atoms with Gasteiger partial charge in [-0.3, -0.25) is 4.90 Å². The molecule has 34 heavy (non-hydrogen) atoms. The fourth-order valence-corrected chi connectivity index (χ4v) is 5.62. The Morgan fingerprint density at radius 3 is 2.09 bits per heavy atom. The third-order valence-corrected chi connectivity index (χ3v) is 7.89. The molecule has 1 aliphatic carbocycles. The van der Waals surface area contributed by atoms with Crippen LogP contribution in [0, 0.1) is 0 Å². The van der Waals surface area contributed by atoms with Crippen molar-refractivity contribution in [3.05, 3.63) is 59.7 Å². The lowest BCUT2D eigenvalue weighted by atomic mass is 9.68. The predicted octanol–water partition coefficient (Wildman–Crippen LogP) is 4.32. The van der Waals surface area contributed by atoms with Crippen molar-refractivity contribution in [2.45, 2.75) is 43.3 Å². The Balaban J connectivity index is 1.48. The molecule has 2 amide bonds. The quantitative estimate of drug-likeness (QED) is 0.542. The van der Waals surface area contributed by atoms with Gasteiger partial charge in [0.25, 0.3) is 0 Å². The van der Waals surface area contributed by atoms with E-state index in [0.717, 1.165) is 49.3 Å². The van der Waals surface area contributed by atoms with Crippen molar-refractivity contribution in [2.24, 2.45) is 0 Å². The Kier molecular flexibility index (Phi) is 7.05. The van der Waals surface area contributed by atoms with Crippen LogP contribution in [-0.2, 0) is 16.8 Å². The molecular weight excluding hydrogens is 430 g/mol. The number of likely N-dealkylation sites (N-methyl/N-ethyl adjacent to an activating group) is 1. The molecule has 1 heterocycles. The number of ether oxygens (including phenoxy) is 3. The number of methoxy groups -OCH3 is 2. The summed E-state index contributed by atoms with van der Waals surface area (Å²) in [4.78, 5) is 19.5. The Labute approximate surface area is 203 Å². The average Bonchev–Trinajstić information content (AvgIpc) is 3.08. The van der Waals surface area contributed by atoms with E-state index < -0.39 is 0 Å². The highest BCUT2D eigenvalue weighted by atomic mass is 16.7. The van der Waals surface area contributed by atoms with Gasteiger partial charge in [0.15, 0.2) is 6.79 Å². The standard InChI is InChI=1S/C27H37N3O4/c1-28(2)27(22-8-12-24(13-9-22)34-20-32-4)16-14-26(15-17-27)19-30(25(31)29(26)3)18-21-6-10-23(33-5)11-7-21/h6-13H,14-20H2,1-5H3/t26-,27+. The summed E-state index contributed by atoms with van der Waals surface area (Å²) in [5, 5.41) is 0. The molecule has 1 saturated carbocycles. The zero-order valence-corrected chi connectivity index (χ0v) is 21.0. The molecule has 0 N–H and O–H groups in total. The number of nitrogens with zero attached hydrogens (tertiary/aromatic N) is 3. The summed E-state index contributed by atoms with van der Waals surface area (Å²) in [7, 11) is 9.58. The minimum Gasteiger partial charge on any atom is -0.497 e. The van der Waals surface area contributed by atoms with Crippen molar-refractivity contribution in [1.82, 2.24) is 14.7 Å². The van der Waals surface area contributed by atoms with Crippen LogP contribution in [0.3, 0.4) is 0 Å². The lowest BCUT2D eigenvalue weighted by Crippen LogP contribution is -2.54. The molecule has 2 aromatic carbocycles. The number of amides is 2. The molecule has 1 saturated heterocycles. The third kappa shape index (κ3) is 4.46. The Hall–Kier alpha value is -2.77. The zero-order valence-electron chi connectivity index (χ0n) is 21.0. The summed E-state index contributed by atoms with van der Waals surface area (Å²) in [5.41, 5.74) is 2.23. The summed E-state index contributed by atoms with van der Waals surface area (Å²) in [6, 6.07) is 16.5. The fourth-order valence-electron chi connectivity index (χ4n) is 5.62. The molecule has 1 spiro atoms. The molecule has 1 aliphatic heterocycles. The molecule has 0 bridgehead atoms. The Morgan fingerprint density at radius 2 is 1.53 bits per heavy atom. The third-order valence-electron chi connectivity index (χ3n) is 7.89. The molecule has 0 radical (unpaired) electrons. The fraction of sp³-hybridized carbons (Fsp3) is 0.519. The van der Waals surface area contributed by atoms with E-state index in [0.29, 0.717) is 6.54 Å². The smallest absolute Gasteiger partial charge is 0.320 e. The van der Waals surface area contributed by atoms with Gasteiger partial charge in [-0.2, -0.15) is 0 Å². The van der Waals surface area contributed by atoms with Gasteiger partial charge < -0.3 is 24.0 Å². The van der Waals surface area contributed by atoms with Crippen molar-refractivity contribution in [3.63, 3.8) is 0 Å². The van der Waals surface area contributed by atoms with Crippen molar-refractivity contribution in [3.8, 4) is 11.5 Å². The van der Waals surface area contributed by atoms with E-state index in [1.165, 1.54) is 5.56 Å². The topological polar surface area (TPSA) is 54.5 Å². The maximum atomic E-state index is 13.2. The summed E-state index contributed by atoms with van der Waals surface area (Å²) < 4.78 is 15.8. The van der Waals surface area contributed by atoms with Crippen molar-refractivity contribution >= 4 is 6.03 Å². The van der Waals surface area contributed by atoms with E-state index in [2.05, 4.69) is 31.1 Å². The molecule has 7 heteroatoms. The highest BCUT2D eigenvalue weighted by Gasteiger charge is 2.53. The van der Waals surface area contributed by atoms with Crippen LogP contribution in [0.4, 0.5) is 4.79 Å². The monoisotopic (exact) mass is 467 g/mol. The summed E-state index contributed by atoms with van der Waals surface area (Å²) in [6.45, 7) is 1.63. The highest BCUT2D eigenvalue weighted by Crippen LogP contribution is 2.48. The van der Waals surface area contributed by atoms with Gasteiger partial charge in [-0.1, -0.05) is 24.3 Å². The number of urea groups is 1. The summed E-state index contributed by atoms with van der Waals surface area (Å²) in [5.74, 6) is 1.64. The molecule has 184 valence electrons. The summed E-state index contributed by atoms with van der Waals surface area (Å²) >= 11 is 0. The van der Waals surface area contributed by atoms with Crippen LogP contribution in [0.15, 0.2) is 48.5 Å². The van der Waals surface area contributed by atoms with Crippen LogP contribution < -0.4 is 9.47 Å². The maximum absolute atomic E-state index is 13.2. The first kappa shape index (κ1) is 24.4. The normalized spacial score (nSPS) is 24.8. The lowest BCUT2D eigenvalue weighted by Gasteiger charge is -2.50. The first-order chi connectivity index (χ1) is 16.3. The predicted molar refractivity (Wildman–Crippen MR) is 132 cm³/mol. The van der Waals surface area contributed by atoms with Gasteiger partial charge in [0.1, 0.15) is 11.5 Å². The molecule has 0 unspecified atom stereocenters. The van der Waals surface area contributed by atoms with Gasteiger partial charge >= 0.3 is 6.03 Å². The van der Waals surface area contributed by atoms with Crippen LogP contribution in [0.1, 0.15) is 36.8 Å². The minimum absolute atomic E-state index is 0.0572. The molecular formula is C27H37N3O4. The van der Waals surface area contributed by atoms with E-state index in [1.807, 2.05) is 53.2 Å². The molecule has 2 aliphatic rings. The molecule has 0 atom stereocenters. The van der Waals surface area contributed by atoms with Crippen LogP contribution in [-0.4, -0.2) is 75.0 Å². The summed E-state index contributed by atoms with van der Waals surface area (Å²) in [6.07, 6.45) is 3.92. The van der Waals surface area contributed by atoms with E-state index in [9.17, 15) is 4.79 Å². The number of carbonyl (C=O) groups is 1. The molecule has 7 nitrogen and oxygen atoms in total. The highest BCUT2D eigenvalue weighted by molar-refractivity contribution is 5.78. The molecule has 0 aromatic heterocycles. The molecule has 2 aromatic rings. The average molecular weight is 468 g/mol. The number of carbonyl (C=O) groups excluding carboxylic acids is 1. The van der Waals surface area contributed by atoms with E-state index in [-0.39, 0.29) is 23.9 Å². The van der Waals surface area contributed by atoms with E-state index in [1.54, 1.807) is 14.2 Å². The van der Waals surface area contributed by atoms with Gasteiger partial charge in [0.05, 0.1) is 12.6 Å². The van der Waals surface area contributed by atoms with E-state index in [4.69, 9.17) is 14.2 Å². The Morgan fingerprint density at radius 1 is 0.912 bits per heavy atom. The van der Waals surface area contributed by atoms with Crippen molar-refractivity contribution in [1.29, 1.82) is 0 Å². The first-order valence-electron chi connectivity index (χ1n) is 11.9. The zero-order chi connectivity index (χ0) is 24.3. The second kappa shape index (κ2) is 9.84. The van der Waals surface area contributed by atoms with Gasteiger partial charge in [-0.25, -0.2) is 4.79 Å².